The molecule has 1 nitrogen and oxygen atoms in total. The lowest BCUT2D eigenvalue weighted by molar-refractivity contribution is -0.0776. The van der Waals surface area contributed by atoms with E-state index in [1.165, 1.54) is 38.6 Å². The van der Waals surface area contributed by atoms with Gasteiger partial charge in [-0.15, -0.1) is 0 Å². The van der Waals surface area contributed by atoms with Crippen LogP contribution in [0.4, 0.5) is 0 Å². The van der Waals surface area contributed by atoms with Crippen LogP contribution in [0.2, 0.25) is 0 Å². The molecule has 0 amide bonds. The van der Waals surface area contributed by atoms with Gasteiger partial charge >= 0.3 is 0 Å². The van der Waals surface area contributed by atoms with Crippen molar-refractivity contribution >= 4 is 0 Å². The van der Waals surface area contributed by atoms with E-state index in [-0.39, 0.29) is 0 Å². The molecule has 0 aromatic carbocycles. The van der Waals surface area contributed by atoms with Crippen LogP contribution in [0.15, 0.2) is 0 Å². The van der Waals surface area contributed by atoms with E-state index < -0.39 is 0 Å². The largest absolute Gasteiger partial charge is 0.314 e. The molecular formula is C14H25N. The summed E-state index contributed by atoms with van der Waals surface area (Å²) in [4.78, 5) is 0. The van der Waals surface area contributed by atoms with Crippen LogP contribution in [0, 0.1) is 23.2 Å². The van der Waals surface area contributed by atoms with Crippen LogP contribution in [-0.4, -0.2) is 12.6 Å². The third-order valence-electron chi connectivity index (χ3n) is 5.59. The Balaban J connectivity index is 1.81. The number of hydrogen-bond acceptors (Lipinski definition) is 1. The minimum Gasteiger partial charge on any atom is -0.314 e. The molecule has 86 valence electrons. The molecule has 0 aromatic heterocycles. The summed E-state index contributed by atoms with van der Waals surface area (Å²) in [5.74, 6) is 3.14. The summed E-state index contributed by atoms with van der Waals surface area (Å²) >= 11 is 0. The van der Waals surface area contributed by atoms with Gasteiger partial charge in [0.15, 0.2) is 0 Å². The molecule has 0 spiro atoms. The molecule has 0 heterocycles. The second-order valence-electron chi connectivity index (χ2n) is 6.41. The molecule has 2 unspecified atom stereocenters. The molecule has 0 aliphatic heterocycles. The van der Waals surface area contributed by atoms with Gasteiger partial charge in [0.1, 0.15) is 0 Å². The third-order valence-corrected chi connectivity index (χ3v) is 5.59. The Labute approximate surface area is 94.0 Å². The van der Waals surface area contributed by atoms with E-state index in [1.54, 1.807) is 6.42 Å². The highest BCUT2D eigenvalue weighted by Gasteiger charge is 2.53. The van der Waals surface area contributed by atoms with Gasteiger partial charge in [-0.25, -0.2) is 0 Å². The first-order valence-corrected chi connectivity index (χ1v) is 7.00. The van der Waals surface area contributed by atoms with Gasteiger partial charge in [0.25, 0.3) is 0 Å². The first-order chi connectivity index (χ1) is 7.26. The van der Waals surface area contributed by atoms with Crippen LogP contribution in [-0.2, 0) is 0 Å². The van der Waals surface area contributed by atoms with Crippen molar-refractivity contribution in [1.82, 2.24) is 5.32 Å². The molecular weight excluding hydrogens is 182 g/mol. The molecule has 1 heteroatoms. The first kappa shape index (κ1) is 10.1. The maximum absolute atomic E-state index is 3.77. The number of rotatable bonds is 3. The summed E-state index contributed by atoms with van der Waals surface area (Å²) < 4.78 is 0. The number of hydrogen-bond donors (Lipinski definition) is 1. The van der Waals surface area contributed by atoms with Gasteiger partial charge in [-0.2, -0.15) is 0 Å². The lowest BCUT2D eigenvalue weighted by Gasteiger charge is -2.60. The standard InChI is InChI=1S/C14H25N/c1-3-14-7-10-5-11(8-14)13(15-4-2)12(6-10)9-14/h10-13,15H,3-9H2,1-2H3. The molecule has 2 atom stereocenters. The fourth-order valence-corrected chi connectivity index (χ4v) is 5.19. The molecule has 4 aliphatic carbocycles. The first-order valence-electron chi connectivity index (χ1n) is 7.00. The van der Waals surface area contributed by atoms with E-state index in [2.05, 4.69) is 19.2 Å². The van der Waals surface area contributed by atoms with Gasteiger partial charge in [0.05, 0.1) is 0 Å². The fourth-order valence-electron chi connectivity index (χ4n) is 5.19. The minimum absolute atomic E-state index is 0.780. The van der Waals surface area contributed by atoms with E-state index in [1.807, 2.05) is 0 Å². The SMILES string of the molecule is CCNC1C2CC3CC1CC(CC)(C3)C2. The summed E-state index contributed by atoms with van der Waals surface area (Å²) in [6.07, 6.45) is 9.15. The normalized spacial score (nSPS) is 52.4. The van der Waals surface area contributed by atoms with Crippen molar-refractivity contribution in [2.75, 3.05) is 6.54 Å². The summed E-state index contributed by atoms with van der Waals surface area (Å²) in [6.45, 7) is 5.86. The zero-order chi connectivity index (χ0) is 10.5. The molecule has 4 saturated carbocycles. The lowest BCUT2D eigenvalue weighted by atomic mass is 9.47. The van der Waals surface area contributed by atoms with Crippen LogP contribution in [0.3, 0.4) is 0 Å². The van der Waals surface area contributed by atoms with Crippen LogP contribution in [0.25, 0.3) is 0 Å². The summed E-state index contributed by atoms with van der Waals surface area (Å²) in [5.41, 5.74) is 0.780. The second kappa shape index (κ2) is 3.48. The predicted molar refractivity (Wildman–Crippen MR) is 63.7 cm³/mol. The highest BCUT2D eigenvalue weighted by atomic mass is 14.9. The van der Waals surface area contributed by atoms with Crippen molar-refractivity contribution in [2.45, 2.75) is 58.4 Å². The molecule has 4 bridgehead atoms. The molecule has 4 fully saturated rings. The van der Waals surface area contributed by atoms with Gasteiger partial charge in [0, 0.05) is 6.04 Å². The van der Waals surface area contributed by atoms with Crippen LogP contribution in [0.1, 0.15) is 52.4 Å². The Kier molecular flexibility index (Phi) is 2.35. The summed E-state index contributed by atoms with van der Waals surface area (Å²) in [5, 5.41) is 3.77. The highest BCUT2D eigenvalue weighted by Crippen LogP contribution is 2.61. The van der Waals surface area contributed by atoms with Crippen LogP contribution < -0.4 is 5.32 Å². The third kappa shape index (κ3) is 1.46. The average Bonchev–Trinajstić information content (AvgIpc) is 2.22. The van der Waals surface area contributed by atoms with Crippen molar-refractivity contribution < 1.29 is 0 Å². The van der Waals surface area contributed by atoms with E-state index in [4.69, 9.17) is 0 Å². The topological polar surface area (TPSA) is 12.0 Å². The average molecular weight is 207 g/mol. The molecule has 4 aliphatic rings. The molecule has 0 radical (unpaired) electrons. The maximum atomic E-state index is 3.77. The zero-order valence-electron chi connectivity index (χ0n) is 10.3. The Hall–Kier alpha value is -0.0400. The van der Waals surface area contributed by atoms with Gasteiger partial charge in [-0.1, -0.05) is 20.3 Å². The van der Waals surface area contributed by atoms with Crippen molar-refractivity contribution in [3.05, 3.63) is 0 Å². The predicted octanol–water partition coefficient (Wildman–Crippen LogP) is 3.20. The highest BCUT2D eigenvalue weighted by molar-refractivity contribution is 5.06. The lowest BCUT2D eigenvalue weighted by Crippen LogP contribution is -2.58. The van der Waals surface area contributed by atoms with Crippen LogP contribution in [0.5, 0.6) is 0 Å². The Bertz CT molecular complexity index is 232. The molecule has 0 aromatic rings. The van der Waals surface area contributed by atoms with Gasteiger partial charge in [-0.3, -0.25) is 0 Å². The van der Waals surface area contributed by atoms with E-state index in [0.29, 0.717) is 0 Å². The monoisotopic (exact) mass is 207 g/mol. The van der Waals surface area contributed by atoms with Gasteiger partial charge in [-0.05, 0) is 61.8 Å². The Morgan fingerprint density at radius 1 is 1.07 bits per heavy atom. The van der Waals surface area contributed by atoms with Gasteiger partial charge < -0.3 is 5.32 Å². The summed E-state index contributed by atoms with van der Waals surface area (Å²) in [7, 11) is 0. The molecule has 1 N–H and O–H groups in total. The van der Waals surface area contributed by atoms with Crippen LogP contribution >= 0.6 is 0 Å². The van der Waals surface area contributed by atoms with Crippen molar-refractivity contribution in [3.8, 4) is 0 Å². The van der Waals surface area contributed by atoms with E-state index in [9.17, 15) is 0 Å². The fraction of sp³-hybridized carbons (Fsp3) is 1.00. The van der Waals surface area contributed by atoms with Crippen molar-refractivity contribution in [1.29, 1.82) is 0 Å². The second-order valence-corrected chi connectivity index (χ2v) is 6.41. The van der Waals surface area contributed by atoms with Crippen molar-refractivity contribution in [2.24, 2.45) is 23.2 Å². The smallest absolute Gasteiger partial charge is 0.0124 e. The van der Waals surface area contributed by atoms with Crippen molar-refractivity contribution in [3.63, 3.8) is 0 Å². The number of nitrogens with one attached hydrogen (secondary N) is 1. The minimum atomic E-state index is 0.780. The zero-order valence-corrected chi connectivity index (χ0v) is 10.3. The quantitative estimate of drug-likeness (QED) is 0.749. The summed E-state index contributed by atoms with van der Waals surface area (Å²) in [6, 6.07) is 0.881. The maximum Gasteiger partial charge on any atom is 0.0124 e. The molecule has 0 saturated heterocycles. The van der Waals surface area contributed by atoms with Gasteiger partial charge in [0.2, 0.25) is 0 Å². The Morgan fingerprint density at radius 3 is 2.27 bits per heavy atom. The Morgan fingerprint density at radius 2 is 1.73 bits per heavy atom. The van der Waals surface area contributed by atoms with E-state index in [0.717, 1.165) is 29.2 Å². The molecule has 15 heavy (non-hydrogen) atoms. The molecule has 4 rings (SSSR count). The van der Waals surface area contributed by atoms with E-state index >= 15 is 0 Å².